The van der Waals surface area contributed by atoms with Gasteiger partial charge in [0.15, 0.2) is 11.7 Å². The van der Waals surface area contributed by atoms with Crippen LogP contribution in [0.1, 0.15) is 66.2 Å². The van der Waals surface area contributed by atoms with E-state index in [1.54, 1.807) is 6.08 Å². The van der Waals surface area contributed by atoms with E-state index in [1.165, 1.54) is 0 Å². The van der Waals surface area contributed by atoms with Gasteiger partial charge in [-0.15, -0.1) is 0 Å². The first-order valence-electron chi connectivity index (χ1n) is 9.67. The van der Waals surface area contributed by atoms with Crippen molar-refractivity contribution in [2.24, 2.45) is 11.8 Å². The summed E-state index contributed by atoms with van der Waals surface area (Å²) < 4.78 is 28.9. The van der Waals surface area contributed by atoms with E-state index < -0.39 is 11.7 Å². The Hall–Kier alpha value is -1.70. The number of rotatable bonds is 13. The Bertz CT molecular complexity index is 575. The summed E-state index contributed by atoms with van der Waals surface area (Å²) in [5.41, 5.74) is 1.44. The van der Waals surface area contributed by atoms with Crippen LogP contribution >= 0.6 is 0 Å². The molecule has 0 aliphatic rings. The average Bonchev–Trinajstić information content (AvgIpc) is 2.65. The van der Waals surface area contributed by atoms with Crippen LogP contribution in [0.15, 0.2) is 72.4 Å². The van der Waals surface area contributed by atoms with Gasteiger partial charge >= 0.3 is 0 Å². The fourth-order valence-electron chi connectivity index (χ4n) is 2.48. The van der Waals surface area contributed by atoms with Gasteiger partial charge in [-0.2, -0.15) is 0 Å². The highest BCUT2D eigenvalue weighted by Gasteiger charge is 2.18. The normalized spacial score (nSPS) is 14.7. The summed E-state index contributed by atoms with van der Waals surface area (Å²) >= 11 is 0. The minimum atomic E-state index is -0.974. The molecule has 0 nitrogen and oxygen atoms in total. The SMILES string of the molecule is C=C(/C=C\C(=C)C(C)CCCC)C(=C)/C(F)=C(/F)C(=C)C(C)CCCC. The predicted octanol–water partition coefficient (Wildman–Crippen LogP) is 8.57. The van der Waals surface area contributed by atoms with Crippen molar-refractivity contribution >= 4 is 0 Å². The zero-order chi connectivity index (χ0) is 20.3. The lowest BCUT2D eigenvalue weighted by atomic mass is 9.93. The van der Waals surface area contributed by atoms with Gasteiger partial charge in [0, 0.05) is 5.57 Å². The Morgan fingerprint density at radius 1 is 0.808 bits per heavy atom. The molecular formula is C24H36F2. The van der Waals surface area contributed by atoms with Gasteiger partial charge in [-0.3, -0.25) is 0 Å². The van der Waals surface area contributed by atoms with Crippen molar-refractivity contribution in [2.45, 2.75) is 66.2 Å². The predicted molar refractivity (Wildman–Crippen MR) is 112 cm³/mol. The smallest absolute Gasteiger partial charge is 0.166 e. The van der Waals surface area contributed by atoms with Gasteiger partial charge in [0.05, 0.1) is 0 Å². The third-order valence-corrected chi connectivity index (χ3v) is 4.84. The second kappa shape index (κ2) is 12.6. The number of hydrogen-bond acceptors (Lipinski definition) is 0. The standard InChI is InChI=1S/C24H36F2/c1-9-11-13-17(3)18(4)15-16-20(6)22(8)24(26)23(25)21(7)19(5)14-12-10-2/h15-17,19H,4,6-14H2,1-3,5H3/b16-15-,24-23-. The zero-order valence-electron chi connectivity index (χ0n) is 17.1. The Kier molecular flexibility index (Phi) is 11.8. The molecule has 0 aromatic carbocycles. The molecule has 0 radical (unpaired) electrons. The molecule has 0 fully saturated rings. The van der Waals surface area contributed by atoms with Crippen molar-refractivity contribution < 1.29 is 8.78 Å². The summed E-state index contributed by atoms with van der Waals surface area (Å²) in [6.07, 6.45) is 9.58. The molecule has 0 bridgehead atoms. The largest absolute Gasteiger partial charge is 0.203 e. The molecule has 0 saturated carbocycles. The van der Waals surface area contributed by atoms with E-state index in [-0.39, 0.29) is 17.1 Å². The molecule has 0 aromatic rings. The second-order valence-corrected chi connectivity index (χ2v) is 7.15. The van der Waals surface area contributed by atoms with E-state index in [4.69, 9.17) is 0 Å². The van der Waals surface area contributed by atoms with Gasteiger partial charge in [-0.05, 0) is 35.8 Å². The quantitative estimate of drug-likeness (QED) is 0.288. The fourth-order valence-corrected chi connectivity index (χ4v) is 2.48. The number of halogens is 2. The minimum absolute atomic E-state index is 0.0448. The third-order valence-electron chi connectivity index (χ3n) is 4.84. The van der Waals surface area contributed by atoms with Crippen LogP contribution in [0.3, 0.4) is 0 Å². The number of hydrogen-bond donors (Lipinski definition) is 0. The molecule has 26 heavy (non-hydrogen) atoms. The van der Waals surface area contributed by atoms with E-state index in [2.05, 4.69) is 47.1 Å². The Morgan fingerprint density at radius 3 is 1.81 bits per heavy atom. The third kappa shape index (κ3) is 8.12. The highest BCUT2D eigenvalue weighted by Crippen LogP contribution is 2.31. The van der Waals surface area contributed by atoms with Gasteiger partial charge in [-0.25, -0.2) is 8.78 Å². The first-order chi connectivity index (χ1) is 12.2. The van der Waals surface area contributed by atoms with Gasteiger partial charge in [0.25, 0.3) is 0 Å². The molecule has 0 heterocycles. The molecule has 146 valence electrons. The highest BCUT2D eigenvalue weighted by molar-refractivity contribution is 5.50. The fraction of sp³-hybridized carbons (Fsp3) is 0.500. The highest BCUT2D eigenvalue weighted by atomic mass is 19.2. The Morgan fingerprint density at radius 2 is 1.31 bits per heavy atom. The lowest BCUT2D eigenvalue weighted by Gasteiger charge is -2.14. The molecule has 2 atom stereocenters. The van der Waals surface area contributed by atoms with Gasteiger partial charge in [-0.1, -0.05) is 97.4 Å². The molecule has 0 aliphatic carbocycles. The van der Waals surface area contributed by atoms with E-state index in [0.717, 1.165) is 44.1 Å². The second-order valence-electron chi connectivity index (χ2n) is 7.15. The zero-order valence-corrected chi connectivity index (χ0v) is 17.1. The molecule has 0 aromatic heterocycles. The Balaban J connectivity index is 4.99. The van der Waals surface area contributed by atoms with Crippen molar-refractivity contribution in [3.63, 3.8) is 0 Å². The molecule has 2 unspecified atom stereocenters. The molecule has 0 amide bonds. The molecule has 2 heteroatoms. The van der Waals surface area contributed by atoms with E-state index in [9.17, 15) is 8.78 Å². The van der Waals surface area contributed by atoms with Crippen LogP contribution in [0.2, 0.25) is 0 Å². The summed E-state index contributed by atoms with van der Waals surface area (Å²) in [6, 6.07) is 0. The van der Waals surface area contributed by atoms with E-state index >= 15 is 0 Å². The average molecular weight is 363 g/mol. The van der Waals surface area contributed by atoms with Gasteiger partial charge in [0.1, 0.15) is 0 Å². The van der Waals surface area contributed by atoms with Crippen molar-refractivity contribution in [1.29, 1.82) is 0 Å². The number of unbranched alkanes of at least 4 members (excludes halogenated alkanes) is 2. The van der Waals surface area contributed by atoms with Crippen LogP contribution in [0.4, 0.5) is 8.78 Å². The summed E-state index contributed by atoms with van der Waals surface area (Å²) in [7, 11) is 0. The topological polar surface area (TPSA) is 0 Å². The van der Waals surface area contributed by atoms with E-state index in [0.29, 0.717) is 11.5 Å². The summed E-state index contributed by atoms with van der Waals surface area (Å²) in [5, 5.41) is 0. The first kappa shape index (κ1) is 24.3. The lowest BCUT2D eigenvalue weighted by Crippen LogP contribution is -2.01. The van der Waals surface area contributed by atoms with Crippen molar-refractivity contribution in [3.05, 3.63) is 72.4 Å². The van der Waals surface area contributed by atoms with Crippen LogP contribution < -0.4 is 0 Å². The van der Waals surface area contributed by atoms with Gasteiger partial charge in [0.2, 0.25) is 0 Å². The Labute approximate surface area is 159 Å². The van der Waals surface area contributed by atoms with E-state index in [1.807, 2.05) is 13.0 Å². The maximum absolute atomic E-state index is 14.5. The molecule has 0 aliphatic heterocycles. The molecule has 0 spiro atoms. The van der Waals surface area contributed by atoms with Crippen molar-refractivity contribution in [3.8, 4) is 0 Å². The molecular weight excluding hydrogens is 326 g/mol. The molecule has 0 N–H and O–H groups in total. The summed E-state index contributed by atoms with van der Waals surface area (Å²) in [4.78, 5) is 0. The maximum Gasteiger partial charge on any atom is 0.166 e. The summed E-state index contributed by atoms with van der Waals surface area (Å²) in [5.74, 6) is -1.64. The van der Waals surface area contributed by atoms with Crippen LogP contribution in [0, 0.1) is 11.8 Å². The number of allylic oxidation sites excluding steroid dienone is 8. The van der Waals surface area contributed by atoms with Crippen LogP contribution in [-0.2, 0) is 0 Å². The monoisotopic (exact) mass is 362 g/mol. The van der Waals surface area contributed by atoms with Crippen molar-refractivity contribution in [2.75, 3.05) is 0 Å². The summed E-state index contributed by atoms with van der Waals surface area (Å²) in [6.45, 7) is 23.4. The van der Waals surface area contributed by atoms with Gasteiger partial charge < -0.3 is 0 Å². The van der Waals surface area contributed by atoms with Crippen LogP contribution in [-0.4, -0.2) is 0 Å². The molecule has 0 rings (SSSR count). The maximum atomic E-state index is 14.5. The first-order valence-corrected chi connectivity index (χ1v) is 9.67. The van der Waals surface area contributed by atoms with Crippen LogP contribution in [0.5, 0.6) is 0 Å². The van der Waals surface area contributed by atoms with Crippen molar-refractivity contribution in [1.82, 2.24) is 0 Å². The van der Waals surface area contributed by atoms with Crippen LogP contribution in [0.25, 0.3) is 0 Å². The lowest BCUT2D eigenvalue weighted by molar-refractivity contribution is 0.507. The minimum Gasteiger partial charge on any atom is -0.203 e. The molecule has 0 saturated heterocycles.